The number of rotatable bonds is 5. The van der Waals surface area contributed by atoms with Gasteiger partial charge >= 0.3 is 0 Å². The van der Waals surface area contributed by atoms with Gasteiger partial charge in [0.15, 0.2) is 0 Å². The molecule has 1 heterocycles. The monoisotopic (exact) mass is 412 g/mol. The second-order valence-corrected chi connectivity index (χ2v) is 7.39. The first-order chi connectivity index (χ1) is 13.4. The van der Waals surface area contributed by atoms with Crippen LogP contribution in [0.3, 0.4) is 0 Å². The molecule has 0 bridgehead atoms. The smallest absolute Gasteiger partial charge is 0.283 e. The molecule has 2 aromatic carbocycles. The van der Waals surface area contributed by atoms with E-state index in [0.29, 0.717) is 21.3 Å². The van der Waals surface area contributed by atoms with Gasteiger partial charge in [-0.25, -0.2) is 5.43 Å². The van der Waals surface area contributed by atoms with Crippen molar-refractivity contribution >= 4 is 52.3 Å². The lowest BCUT2D eigenvalue weighted by Gasteiger charge is -2.01. The number of anilines is 2. The Morgan fingerprint density at radius 2 is 1.79 bits per heavy atom. The molecular formula is C20H17ClN4O2S. The number of amides is 2. The molecule has 0 aliphatic heterocycles. The van der Waals surface area contributed by atoms with Crippen LogP contribution in [0.2, 0.25) is 5.02 Å². The van der Waals surface area contributed by atoms with Crippen LogP contribution < -0.4 is 16.5 Å². The molecule has 0 radical (unpaired) electrons. The van der Waals surface area contributed by atoms with Gasteiger partial charge in [0.05, 0.1) is 11.9 Å². The largest absolute Gasteiger partial charge is 0.397 e. The van der Waals surface area contributed by atoms with Gasteiger partial charge in [0.1, 0.15) is 4.88 Å². The summed E-state index contributed by atoms with van der Waals surface area (Å²) in [5.74, 6) is -0.519. The zero-order chi connectivity index (χ0) is 20.1. The maximum atomic E-state index is 12.4. The Balaban J connectivity index is 1.65. The Kier molecular flexibility index (Phi) is 6.08. The molecule has 142 valence electrons. The van der Waals surface area contributed by atoms with Crippen LogP contribution in [0, 0.1) is 0 Å². The van der Waals surface area contributed by atoms with Crippen LogP contribution in [-0.4, -0.2) is 18.0 Å². The van der Waals surface area contributed by atoms with E-state index >= 15 is 0 Å². The van der Waals surface area contributed by atoms with E-state index in [4.69, 9.17) is 17.3 Å². The summed E-state index contributed by atoms with van der Waals surface area (Å²) >= 11 is 7.19. The molecule has 1 aromatic heterocycles. The highest BCUT2D eigenvalue weighted by molar-refractivity contribution is 7.18. The van der Waals surface area contributed by atoms with Gasteiger partial charge in [0, 0.05) is 22.5 Å². The first-order valence-electron chi connectivity index (χ1n) is 8.28. The standard InChI is InChI=1S/C20H17ClN4O2S/c1-12(26)24-16-8-2-13(3-9-16)11-23-25-20(27)19-17(22)10-18(28-19)14-4-6-15(21)7-5-14/h2-11H,22H2,1H3,(H,24,26)(H,25,27)/b23-11-. The summed E-state index contributed by atoms with van der Waals surface area (Å²) in [6.07, 6.45) is 1.51. The number of carbonyl (C=O) groups excluding carboxylic acids is 2. The molecule has 0 saturated carbocycles. The van der Waals surface area contributed by atoms with Crippen LogP contribution >= 0.6 is 22.9 Å². The van der Waals surface area contributed by atoms with Crippen LogP contribution in [0.4, 0.5) is 11.4 Å². The molecule has 0 fully saturated rings. The molecule has 28 heavy (non-hydrogen) atoms. The minimum Gasteiger partial charge on any atom is -0.397 e. The predicted octanol–water partition coefficient (Wildman–Crippen LogP) is 4.37. The van der Waals surface area contributed by atoms with Crippen molar-refractivity contribution in [3.05, 3.63) is 70.1 Å². The van der Waals surface area contributed by atoms with Gasteiger partial charge in [-0.1, -0.05) is 35.9 Å². The van der Waals surface area contributed by atoms with Gasteiger partial charge in [0.25, 0.3) is 5.91 Å². The van der Waals surface area contributed by atoms with Crippen molar-refractivity contribution in [3.63, 3.8) is 0 Å². The number of carbonyl (C=O) groups is 2. The van der Waals surface area contributed by atoms with Crippen LogP contribution in [-0.2, 0) is 4.79 Å². The maximum Gasteiger partial charge on any atom is 0.283 e. The van der Waals surface area contributed by atoms with Gasteiger partial charge in [0.2, 0.25) is 5.91 Å². The molecule has 0 aliphatic rings. The van der Waals surface area contributed by atoms with E-state index < -0.39 is 0 Å². The fraction of sp³-hybridized carbons (Fsp3) is 0.0500. The van der Waals surface area contributed by atoms with Crippen molar-refractivity contribution in [2.24, 2.45) is 5.10 Å². The number of nitrogens with one attached hydrogen (secondary N) is 2. The van der Waals surface area contributed by atoms with E-state index in [1.165, 1.54) is 24.5 Å². The molecule has 0 aliphatic carbocycles. The third-order valence-electron chi connectivity index (χ3n) is 3.71. The third-order valence-corrected chi connectivity index (χ3v) is 5.16. The second-order valence-electron chi connectivity index (χ2n) is 5.90. The van der Waals surface area contributed by atoms with Crippen molar-refractivity contribution in [1.29, 1.82) is 0 Å². The van der Waals surface area contributed by atoms with Gasteiger partial charge in [-0.05, 0) is 41.5 Å². The quantitative estimate of drug-likeness (QED) is 0.428. The zero-order valence-electron chi connectivity index (χ0n) is 14.9. The van der Waals surface area contributed by atoms with Gasteiger partial charge in [-0.15, -0.1) is 11.3 Å². The molecule has 4 N–H and O–H groups in total. The molecule has 0 saturated heterocycles. The lowest BCUT2D eigenvalue weighted by molar-refractivity contribution is -0.114. The Morgan fingerprint density at radius 1 is 1.11 bits per heavy atom. The number of hydrazone groups is 1. The highest BCUT2D eigenvalue weighted by Crippen LogP contribution is 2.33. The zero-order valence-corrected chi connectivity index (χ0v) is 16.5. The van der Waals surface area contributed by atoms with Crippen molar-refractivity contribution < 1.29 is 9.59 Å². The molecule has 3 rings (SSSR count). The molecule has 2 amide bonds. The Labute approximate surface area is 171 Å². The van der Waals surface area contributed by atoms with Crippen LogP contribution in [0.5, 0.6) is 0 Å². The lowest BCUT2D eigenvalue weighted by atomic mass is 10.2. The summed E-state index contributed by atoms with van der Waals surface area (Å²) in [5, 5.41) is 7.29. The van der Waals surface area contributed by atoms with E-state index in [9.17, 15) is 9.59 Å². The van der Waals surface area contributed by atoms with E-state index in [1.54, 1.807) is 42.5 Å². The fourth-order valence-corrected chi connectivity index (χ4v) is 3.51. The van der Waals surface area contributed by atoms with E-state index in [2.05, 4.69) is 15.8 Å². The molecular weight excluding hydrogens is 396 g/mol. The summed E-state index contributed by atoms with van der Waals surface area (Å²) in [5.41, 5.74) is 11.3. The Hall–Kier alpha value is -3.16. The summed E-state index contributed by atoms with van der Waals surface area (Å²) < 4.78 is 0. The van der Waals surface area contributed by atoms with Crippen molar-refractivity contribution in [2.45, 2.75) is 6.92 Å². The first-order valence-corrected chi connectivity index (χ1v) is 9.48. The number of nitrogens with two attached hydrogens (primary N) is 1. The van der Waals surface area contributed by atoms with Crippen molar-refractivity contribution in [1.82, 2.24) is 5.43 Å². The highest BCUT2D eigenvalue weighted by atomic mass is 35.5. The van der Waals surface area contributed by atoms with Gasteiger partial charge < -0.3 is 11.1 Å². The number of halogens is 1. The fourth-order valence-electron chi connectivity index (χ4n) is 2.41. The summed E-state index contributed by atoms with van der Waals surface area (Å²) in [4.78, 5) is 24.6. The normalized spacial score (nSPS) is 10.8. The number of hydrogen-bond acceptors (Lipinski definition) is 5. The van der Waals surface area contributed by atoms with Crippen molar-refractivity contribution in [2.75, 3.05) is 11.1 Å². The topological polar surface area (TPSA) is 96.6 Å². The number of nitrogen functional groups attached to an aromatic ring is 1. The number of hydrogen-bond donors (Lipinski definition) is 3. The molecule has 6 nitrogen and oxygen atoms in total. The molecule has 3 aromatic rings. The average Bonchev–Trinajstić information content (AvgIpc) is 3.05. The second kappa shape index (κ2) is 8.69. The minimum atomic E-state index is -0.381. The maximum absolute atomic E-state index is 12.4. The Morgan fingerprint density at radius 3 is 2.43 bits per heavy atom. The summed E-state index contributed by atoms with van der Waals surface area (Å²) in [6, 6.07) is 16.1. The van der Waals surface area contributed by atoms with Gasteiger partial charge in [-0.2, -0.15) is 5.10 Å². The molecule has 0 spiro atoms. The average molecular weight is 413 g/mol. The molecule has 0 unspecified atom stereocenters. The third kappa shape index (κ3) is 4.97. The molecule has 0 atom stereocenters. The van der Waals surface area contributed by atoms with E-state index in [-0.39, 0.29) is 11.8 Å². The highest BCUT2D eigenvalue weighted by Gasteiger charge is 2.15. The Bertz CT molecular complexity index is 1030. The number of benzene rings is 2. The van der Waals surface area contributed by atoms with Crippen LogP contribution in [0.25, 0.3) is 10.4 Å². The minimum absolute atomic E-state index is 0.139. The summed E-state index contributed by atoms with van der Waals surface area (Å²) in [6.45, 7) is 1.44. The molecule has 8 heteroatoms. The number of nitrogens with zero attached hydrogens (tertiary/aromatic N) is 1. The SMILES string of the molecule is CC(=O)Nc1ccc(/C=N\NC(=O)c2sc(-c3ccc(Cl)cc3)cc2N)cc1. The van der Waals surface area contributed by atoms with E-state index in [0.717, 1.165) is 16.0 Å². The van der Waals surface area contributed by atoms with Crippen molar-refractivity contribution in [3.8, 4) is 10.4 Å². The summed E-state index contributed by atoms with van der Waals surface area (Å²) in [7, 11) is 0. The lowest BCUT2D eigenvalue weighted by Crippen LogP contribution is -2.17. The first kappa shape index (κ1) is 19.6. The number of thiophene rings is 1. The van der Waals surface area contributed by atoms with Crippen LogP contribution in [0.1, 0.15) is 22.2 Å². The van der Waals surface area contributed by atoms with Crippen LogP contribution in [0.15, 0.2) is 59.7 Å². The van der Waals surface area contributed by atoms with E-state index in [1.807, 2.05) is 12.1 Å². The predicted molar refractivity (Wildman–Crippen MR) is 115 cm³/mol. The van der Waals surface area contributed by atoms with Gasteiger partial charge in [-0.3, -0.25) is 9.59 Å².